The molecule has 0 aliphatic carbocycles. The van der Waals surface area contributed by atoms with Gasteiger partial charge in [-0.2, -0.15) is 0 Å². The van der Waals surface area contributed by atoms with E-state index < -0.39 is 0 Å². The molecule has 23 heavy (non-hydrogen) atoms. The molecule has 1 aromatic rings. The second-order valence-corrected chi connectivity index (χ2v) is 6.57. The minimum Gasteiger partial charge on any atom is -0.385 e. The number of nitrogens with zero attached hydrogens (tertiary/aromatic N) is 1. The summed E-state index contributed by atoms with van der Waals surface area (Å²) in [5, 5.41) is 2.82. The number of ether oxygens (including phenoxy) is 1. The maximum atomic E-state index is 12.1. The number of anilines is 1. The molecule has 5 heteroatoms. The zero-order chi connectivity index (χ0) is 17.5. The second kappa shape index (κ2) is 8.67. The molecule has 0 saturated carbocycles. The zero-order valence-electron chi connectivity index (χ0n) is 14.8. The fraction of sp³-hybridized carbons (Fsp3) is 0.556. The lowest BCUT2D eigenvalue weighted by atomic mass is 9.85. The molecule has 1 rings (SSSR count). The van der Waals surface area contributed by atoms with Crippen LogP contribution in [0.15, 0.2) is 24.3 Å². The van der Waals surface area contributed by atoms with E-state index in [1.54, 1.807) is 7.11 Å². The van der Waals surface area contributed by atoms with E-state index in [0.717, 1.165) is 17.7 Å². The maximum Gasteiger partial charge on any atom is 0.240 e. The summed E-state index contributed by atoms with van der Waals surface area (Å²) >= 11 is 0. The number of para-hydroxylation sites is 1. The third kappa shape index (κ3) is 6.02. The highest BCUT2D eigenvalue weighted by molar-refractivity contribution is 5.98. The number of rotatable bonds is 7. The Balaban J connectivity index is 2.88. The summed E-state index contributed by atoms with van der Waals surface area (Å²) < 4.78 is 4.95. The van der Waals surface area contributed by atoms with Crippen molar-refractivity contribution in [3.8, 4) is 0 Å². The summed E-state index contributed by atoms with van der Waals surface area (Å²) in [6, 6.07) is 7.73. The fourth-order valence-electron chi connectivity index (χ4n) is 2.35. The van der Waals surface area contributed by atoms with Crippen LogP contribution < -0.4 is 10.2 Å². The minimum atomic E-state index is -0.167. The second-order valence-electron chi connectivity index (χ2n) is 6.57. The number of benzene rings is 1. The van der Waals surface area contributed by atoms with Gasteiger partial charge >= 0.3 is 0 Å². The number of carbonyl (C=O) groups is 2. The third-order valence-electron chi connectivity index (χ3n) is 3.53. The van der Waals surface area contributed by atoms with Crippen molar-refractivity contribution in [2.75, 3.05) is 31.7 Å². The molecule has 5 nitrogen and oxygen atoms in total. The SMILES string of the molecule is COCCCNC(=O)CN(C(C)=O)c1ccccc1C(C)(C)C. The molecular formula is C18H28N2O3. The van der Waals surface area contributed by atoms with Crippen LogP contribution >= 0.6 is 0 Å². The van der Waals surface area contributed by atoms with Crippen molar-refractivity contribution in [2.24, 2.45) is 0 Å². The van der Waals surface area contributed by atoms with Gasteiger partial charge in [0.05, 0.1) is 0 Å². The van der Waals surface area contributed by atoms with Crippen molar-refractivity contribution in [1.82, 2.24) is 5.32 Å². The highest BCUT2D eigenvalue weighted by atomic mass is 16.5. The molecule has 0 heterocycles. The van der Waals surface area contributed by atoms with E-state index in [2.05, 4.69) is 26.1 Å². The molecule has 0 atom stereocenters. The van der Waals surface area contributed by atoms with E-state index in [1.165, 1.54) is 11.8 Å². The Morgan fingerprint density at radius 3 is 2.43 bits per heavy atom. The topological polar surface area (TPSA) is 58.6 Å². The van der Waals surface area contributed by atoms with Gasteiger partial charge in [0, 0.05) is 32.9 Å². The Labute approximate surface area is 139 Å². The lowest BCUT2D eigenvalue weighted by molar-refractivity contribution is -0.123. The van der Waals surface area contributed by atoms with E-state index in [1.807, 2.05) is 24.3 Å². The van der Waals surface area contributed by atoms with Crippen LogP contribution in [-0.4, -0.2) is 38.6 Å². The van der Waals surface area contributed by atoms with Crippen molar-refractivity contribution >= 4 is 17.5 Å². The van der Waals surface area contributed by atoms with Crippen LogP contribution in [-0.2, 0) is 19.7 Å². The van der Waals surface area contributed by atoms with E-state index >= 15 is 0 Å². The van der Waals surface area contributed by atoms with Crippen molar-refractivity contribution in [3.63, 3.8) is 0 Å². The molecule has 0 bridgehead atoms. The molecule has 0 radical (unpaired) electrons. The first-order valence-electron chi connectivity index (χ1n) is 7.90. The summed E-state index contributed by atoms with van der Waals surface area (Å²) in [6.07, 6.45) is 0.751. The number of hydrogen-bond donors (Lipinski definition) is 1. The number of amides is 2. The average molecular weight is 320 g/mol. The molecule has 0 aliphatic heterocycles. The number of nitrogens with one attached hydrogen (secondary N) is 1. The van der Waals surface area contributed by atoms with Crippen molar-refractivity contribution < 1.29 is 14.3 Å². The van der Waals surface area contributed by atoms with E-state index in [0.29, 0.717) is 13.2 Å². The van der Waals surface area contributed by atoms with Crippen LogP contribution in [0.25, 0.3) is 0 Å². The van der Waals surface area contributed by atoms with Gasteiger partial charge in [-0.3, -0.25) is 9.59 Å². The Hall–Kier alpha value is -1.88. The van der Waals surface area contributed by atoms with Gasteiger partial charge in [-0.1, -0.05) is 39.0 Å². The summed E-state index contributed by atoms with van der Waals surface area (Å²) in [5.74, 6) is -0.311. The third-order valence-corrected chi connectivity index (χ3v) is 3.53. The van der Waals surface area contributed by atoms with Crippen LogP contribution in [0.3, 0.4) is 0 Å². The average Bonchev–Trinajstić information content (AvgIpc) is 2.48. The predicted molar refractivity (Wildman–Crippen MR) is 92.7 cm³/mol. The van der Waals surface area contributed by atoms with Gasteiger partial charge < -0.3 is 15.0 Å². The zero-order valence-corrected chi connectivity index (χ0v) is 14.8. The number of hydrogen-bond acceptors (Lipinski definition) is 3. The lowest BCUT2D eigenvalue weighted by Crippen LogP contribution is -2.41. The van der Waals surface area contributed by atoms with Crippen LogP contribution in [0.4, 0.5) is 5.69 Å². The molecule has 1 aromatic carbocycles. The molecule has 1 N–H and O–H groups in total. The molecule has 0 aliphatic rings. The molecular weight excluding hydrogens is 292 g/mol. The van der Waals surface area contributed by atoms with Gasteiger partial charge in [0.1, 0.15) is 6.54 Å². The smallest absolute Gasteiger partial charge is 0.240 e. The quantitative estimate of drug-likeness (QED) is 0.785. The normalized spacial score (nSPS) is 11.2. The van der Waals surface area contributed by atoms with E-state index in [-0.39, 0.29) is 23.8 Å². The molecule has 0 spiro atoms. The maximum absolute atomic E-state index is 12.1. The van der Waals surface area contributed by atoms with Crippen molar-refractivity contribution in [3.05, 3.63) is 29.8 Å². The monoisotopic (exact) mass is 320 g/mol. The summed E-state index contributed by atoms with van der Waals surface area (Å²) in [5.41, 5.74) is 1.72. The molecule has 128 valence electrons. The summed E-state index contributed by atoms with van der Waals surface area (Å²) in [7, 11) is 1.63. The molecule has 0 aromatic heterocycles. The highest BCUT2D eigenvalue weighted by Crippen LogP contribution is 2.31. The Kier molecular flexibility index (Phi) is 7.23. The van der Waals surface area contributed by atoms with Gasteiger partial charge in [0.2, 0.25) is 11.8 Å². The summed E-state index contributed by atoms with van der Waals surface area (Å²) in [4.78, 5) is 25.7. The van der Waals surface area contributed by atoms with Gasteiger partial charge in [0.15, 0.2) is 0 Å². The molecule has 0 saturated heterocycles. The minimum absolute atomic E-state index is 0.0232. The molecule has 0 fully saturated rings. The summed E-state index contributed by atoms with van der Waals surface area (Å²) in [6.45, 7) is 8.93. The Morgan fingerprint density at radius 2 is 1.87 bits per heavy atom. The van der Waals surface area contributed by atoms with Crippen LogP contribution in [0.1, 0.15) is 39.7 Å². The van der Waals surface area contributed by atoms with Crippen molar-refractivity contribution in [1.29, 1.82) is 0 Å². The fourth-order valence-corrected chi connectivity index (χ4v) is 2.35. The largest absolute Gasteiger partial charge is 0.385 e. The van der Waals surface area contributed by atoms with Gasteiger partial charge in [0.25, 0.3) is 0 Å². The first kappa shape index (κ1) is 19.2. The van der Waals surface area contributed by atoms with Gasteiger partial charge in [-0.05, 0) is 23.5 Å². The van der Waals surface area contributed by atoms with E-state index in [9.17, 15) is 9.59 Å². The van der Waals surface area contributed by atoms with Gasteiger partial charge in [-0.25, -0.2) is 0 Å². The standard InChI is InChI=1S/C18H28N2O3/c1-14(21)20(13-17(22)19-11-8-12-23-5)16-10-7-6-9-15(16)18(2,3)4/h6-7,9-10H,8,11-13H2,1-5H3,(H,19,22). The van der Waals surface area contributed by atoms with E-state index in [4.69, 9.17) is 4.74 Å². The van der Waals surface area contributed by atoms with Crippen LogP contribution in [0.2, 0.25) is 0 Å². The first-order valence-corrected chi connectivity index (χ1v) is 7.90. The Morgan fingerprint density at radius 1 is 1.22 bits per heavy atom. The molecule has 2 amide bonds. The number of carbonyl (C=O) groups excluding carboxylic acids is 2. The first-order chi connectivity index (χ1) is 10.8. The van der Waals surface area contributed by atoms with Crippen LogP contribution in [0, 0.1) is 0 Å². The van der Waals surface area contributed by atoms with Crippen LogP contribution in [0.5, 0.6) is 0 Å². The number of methoxy groups -OCH3 is 1. The molecule has 0 unspecified atom stereocenters. The highest BCUT2D eigenvalue weighted by Gasteiger charge is 2.24. The lowest BCUT2D eigenvalue weighted by Gasteiger charge is -2.29. The Bertz CT molecular complexity index is 535. The predicted octanol–water partition coefficient (Wildman–Crippen LogP) is 2.49. The van der Waals surface area contributed by atoms with Gasteiger partial charge in [-0.15, -0.1) is 0 Å². The van der Waals surface area contributed by atoms with Crippen molar-refractivity contribution in [2.45, 2.75) is 39.5 Å².